The van der Waals surface area contributed by atoms with Gasteiger partial charge in [0.05, 0.1) is 0 Å². The van der Waals surface area contributed by atoms with Crippen LogP contribution in [-0.2, 0) is 4.79 Å². The Balaban J connectivity index is 1.72. The quantitative estimate of drug-likeness (QED) is 0.552. The van der Waals surface area contributed by atoms with E-state index in [1.165, 1.54) is 25.7 Å². The Bertz CT molecular complexity index is 237. The van der Waals surface area contributed by atoms with Gasteiger partial charge in [0.25, 0.3) is 0 Å². The average Bonchev–Trinajstić information content (AvgIpc) is 3.09. The summed E-state index contributed by atoms with van der Waals surface area (Å²) in [5.41, 5.74) is 10.8. The van der Waals surface area contributed by atoms with E-state index in [0.717, 1.165) is 24.3 Å². The van der Waals surface area contributed by atoms with E-state index in [1.54, 1.807) is 0 Å². The van der Waals surface area contributed by atoms with Crippen molar-refractivity contribution in [3.63, 3.8) is 0 Å². The fraction of sp³-hybridized carbons (Fsp3) is 0.917. The maximum atomic E-state index is 10.8. The smallest absolute Gasteiger partial charge is 0.219 e. The molecule has 92 valence electrons. The van der Waals surface area contributed by atoms with Gasteiger partial charge in [-0.2, -0.15) is 0 Å². The fourth-order valence-electron chi connectivity index (χ4n) is 2.55. The minimum Gasteiger partial charge on any atom is -0.370 e. The lowest BCUT2D eigenvalue weighted by Gasteiger charge is -2.21. The molecular weight excluding hydrogens is 202 g/mol. The van der Waals surface area contributed by atoms with E-state index < -0.39 is 0 Å². The number of carbonyl (C=O) groups excluding carboxylic acids is 1. The third-order valence-electron chi connectivity index (χ3n) is 3.83. The first-order valence-corrected chi connectivity index (χ1v) is 6.42. The summed E-state index contributed by atoms with van der Waals surface area (Å²) in [7, 11) is 0. The van der Waals surface area contributed by atoms with Gasteiger partial charge < -0.3 is 16.8 Å². The third-order valence-corrected chi connectivity index (χ3v) is 3.83. The highest BCUT2D eigenvalue weighted by molar-refractivity contribution is 5.74. The van der Waals surface area contributed by atoms with E-state index in [1.807, 2.05) is 0 Å². The monoisotopic (exact) mass is 225 g/mol. The predicted octanol–water partition coefficient (Wildman–Crippen LogP) is 0.215. The largest absolute Gasteiger partial charge is 0.370 e. The maximum absolute atomic E-state index is 10.8. The van der Waals surface area contributed by atoms with Gasteiger partial charge in [0.1, 0.15) is 0 Å². The summed E-state index contributed by atoms with van der Waals surface area (Å²) in [5.74, 6) is 2.43. The zero-order valence-electron chi connectivity index (χ0n) is 9.82. The molecule has 5 N–H and O–H groups in total. The molecule has 2 fully saturated rings. The molecule has 16 heavy (non-hydrogen) atoms. The van der Waals surface area contributed by atoms with Crippen molar-refractivity contribution < 1.29 is 4.79 Å². The van der Waals surface area contributed by atoms with Gasteiger partial charge in [-0.3, -0.25) is 4.79 Å². The number of amides is 1. The lowest BCUT2D eigenvalue weighted by atomic mass is 9.97. The van der Waals surface area contributed by atoms with Crippen molar-refractivity contribution in [2.45, 2.75) is 38.1 Å². The Hall–Kier alpha value is -0.610. The first-order valence-electron chi connectivity index (χ1n) is 6.42. The van der Waals surface area contributed by atoms with Crippen LogP contribution < -0.4 is 16.8 Å². The van der Waals surface area contributed by atoms with Crippen LogP contribution in [0.25, 0.3) is 0 Å². The van der Waals surface area contributed by atoms with Crippen LogP contribution in [0.2, 0.25) is 0 Å². The number of nitrogens with one attached hydrogen (secondary N) is 1. The van der Waals surface area contributed by atoms with E-state index in [0.29, 0.717) is 13.0 Å². The molecule has 0 bridgehead atoms. The van der Waals surface area contributed by atoms with Crippen molar-refractivity contribution in [2.24, 2.45) is 29.2 Å². The SMILES string of the molecule is NCC(CC(N)=O)NCC(C1CC1)C1CC1. The number of hydrogen-bond donors (Lipinski definition) is 3. The molecule has 2 rings (SSSR count). The number of rotatable bonds is 8. The van der Waals surface area contributed by atoms with Crippen molar-refractivity contribution in [1.82, 2.24) is 5.32 Å². The van der Waals surface area contributed by atoms with Crippen molar-refractivity contribution in [3.05, 3.63) is 0 Å². The summed E-state index contributed by atoms with van der Waals surface area (Å²) < 4.78 is 0. The van der Waals surface area contributed by atoms with Crippen molar-refractivity contribution in [2.75, 3.05) is 13.1 Å². The van der Waals surface area contributed by atoms with Crippen LogP contribution in [0.1, 0.15) is 32.1 Å². The number of nitrogens with two attached hydrogens (primary N) is 2. The summed E-state index contributed by atoms with van der Waals surface area (Å²) in [5, 5.41) is 3.42. The van der Waals surface area contributed by atoms with Crippen LogP contribution in [0, 0.1) is 17.8 Å². The topological polar surface area (TPSA) is 81.1 Å². The van der Waals surface area contributed by atoms with Crippen molar-refractivity contribution >= 4 is 5.91 Å². The summed E-state index contributed by atoms with van der Waals surface area (Å²) in [6, 6.07) is 0.0671. The van der Waals surface area contributed by atoms with Gasteiger partial charge in [0, 0.05) is 19.0 Å². The van der Waals surface area contributed by atoms with Gasteiger partial charge in [-0.1, -0.05) is 0 Å². The lowest BCUT2D eigenvalue weighted by molar-refractivity contribution is -0.118. The van der Waals surface area contributed by atoms with E-state index in [2.05, 4.69) is 5.32 Å². The highest BCUT2D eigenvalue weighted by atomic mass is 16.1. The number of carbonyl (C=O) groups is 1. The van der Waals surface area contributed by atoms with Gasteiger partial charge in [0.15, 0.2) is 0 Å². The van der Waals surface area contributed by atoms with Crippen molar-refractivity contribution in [1.29, 1.82) is 0 Å². The zero-order valence-corrected chi connectivity index (χ0v) is 9.82. The maximum Gasteiger partial charge on any atom is 0.219 e. The Morgan fingerprint density at radius 2 is 1.81 bits per heavy atom. The fourth-order valence-corrected chi connectivity index (χ4v) is 2.55. The second-order valence-electron chi connectivity index (χ2n) is 5.35. The molecule has 0 aliphatic heterocycles. The molecule has 0 radical (unpaired) electrons. The van der Waals surface area contributed by atoms with Crippen LogP contribution in [0.5, 0.6) is 0 Å². The average molecular weight is 225 g/mol. The summed E-state index contributed by atoms with van der Waals surface area (Å²) in [4.78, 5) is 10.8. The van der Waals surface area contributed by atoms with Gasteiger partial charge in [-0.05, 0) is 50.0 Å². The number of hydrogen-bond acceptors (Lipinski definition) is 3. The Morgan fingerprint density at radius 3 is 2.19 bits per heavy atom. The van der Waals surface area contributed by atoms with Crippen LogP contribution in [0.15, 0.2) is 0 Å². The highest BCUT2D eigenvalue weighted by Crippen LogP contribution is 2.48. The molecule has 2 saturated carbocycles. The molecule has 0 heterocycles. The van der Waals surface area contributed by atoms with Crippen molar-refractivity contribution in [3.8, 4) is 0 Å². The summed E-state index contributed by atoms with van der Waals surface area (Å²) >= 11 is 0. The summed E-state index contributed by atoms with van der Waals surface area (Å²) in [6.07, 6.45) is 5.94. The van der Waals surface area contributed by atoms with E-state index in [4.69, 9.17) is 11.5 Å². The van der Waals surface area contributed by atoms with Gasteiger partial charge in [0.2, 0.25) is 5.91 Å². The molecule has 1 unspecified atom stereocenters. The Kier molecular flexibility index (Phi) is 3.82. The van der Waals surface area contributed by atoms with Gasteiger partial charge >= 0.3 is 0 Å². The van der Waals surface area contributed by atoms with Gasteiger partial charge in [-0.15, -0.1) is 0 Å². The molecule has 2 aliphatic rings. The molecule has 0 aromatic heterocycles. The number of primary amides is 1. The Morgan fingerprint density at radius 1 is 1.25 bits per heavy atom. The van der Waals surface area contributed by atoms with Crippen LogP contribution in [0.4, 0.5) is 0 Å². The molecule has 0 saturated heterocycles. The molecule has 4 nitrogen and oxygen atoms in total. The molecule has 2 aliphatic carbocycles. The normalized spacial score (nSPS) is 22.4. The molecule has 0 aromatic rings. The lowest BCUT2D eigenvalue weighted by Crippen LogP contribution is -2.42. The minimum atomic E-state index is -0.266. The minimum absolute atomic E-state index is 0.0671. The molecule has 0 aromatic carbocycles. The first-order chi connectivity index (χ1) is 7.70. The second kappa shape index (κ2) is 5.15. The molecule has 0 spiro atoms. The molecule has 1 atom stereocenters. The molecule has 1 amide bonds. The standard InChI is InChI=1S/C12H23N3O/c13-6-10(5-12(14)16)15-7-11(8-1-2-8)9-3-4-9/h8-11,15H,1-7,13H2,(H2,14,16). The van der Waals surface area contributed by atoms with Crippen LogP contribution in [0.3, 0.4) is 0 Å². The Labute approximate surface area is 97.1 Å². The van der Waals surface area contributed by atoms with E-state index in [9.17, 15) is 4.79 Å². The molecule has 4 heteroatoms. The summed E-state index contributed by atoms with van der Waals surface area (Å²) in [6.45, 7) is 1.51. The van der Waals surface area contributed by atoms with Crippen LogP contribution >= 0.6 is 0 Å². The van der Waals surface area contributed by atoms with E-state index in [-0.39, 0.29) is 11.9 Å². The zero-order chi connectivity index (χ0) is 11.5. The second-order valence-corrected chi connectivity index (χ2v) is 5.35. The van der Waals surface area contributed by atoms with Crippen LogP contribution in [-0.4, -0.2) is 25.0 Å². The highest BCUT2D eigenvalue weighted by Gasteiger charge is 2.41. The first kappa shape index (κ1) is 11.9. The van der Waals surface area contributed by atoms with Gasteiger partial charge in [-0.25, -0.2) is 0 Å². The van der Waals surface area contributed by atoms with E-state index >= 15 is 0 Å². The predicted molar refractivity (Wildman–Crippen MR) is 63.6 cm³/mol. The molecular formula is C12H23N3O. The third kappa shape index (κ3) is 3.46.